The van der Waals surface area contributed by atoms with E-state index in [9.17, 15) is 0 Å². The predicted octanol–water partition coefficient (Wildman–Crippen LogP) is 6.01. The molecule has 0 nitrogen and oxygen atoms in total. The van der Waals surface area contributed by atoms with Crippen molar-refractivity contribution in [3.8, 4) is 11.2 Å². The van der Waals surface area contributed by atoms with Crippen molar-refractivity contribution >= 4 is 11.8 Å². The third-order valence-corrected chi connectivity index (χ3v) is 4.55. The maximum atomic E-state index is 3.42. The molecule has 1 rings (SSSR count). The van der Waals surface area contributed by atoms with Gasteiger partial charge in [-0.3, -0.25) is 0 Å². The largest absolute Gasteiger partial charge is 0.0879 e. The van der Waals surface area contributed by atoms with E-state index in [-0.39, 0.29) is 0 Å². The molecule has 1 aliphatic carbocycles. The van der Waals surface area contributed by atoms with E-state index < -0.39 is 0 Å². The Balaban J connectivity index is 1.78. The first kappa shape index (κ1) is 16.0. The minimum absolute atomic E-state index is 0.732. The van der Waals surface area contributed by atoms with Gasteiger partial charge in [0, 0.05) is 11.7 Å². The summed E-state index contributed by atoms with van der Waals surface area (Å²) in [5.41, 5.74) is 0. The summed E-state index contributed by atoms with van der Waals surface area (Å²) in [6, 6.07) is 0. The van der Waals surface area contributed by atoms with E-state index in [2.05, 4.69) is 18.1 Å². The third-order valence-electron chi connectivity index (χ3n) is 3.79. The second-order valence-electron chi connectivity index (χ2n) is 5.55. The van der Waals surface area contributed by atoms with E-state index in [1.165, 1.54) is 82.8 Å². The molecule has 0 bridgehead atoms. The molecule has 0 N–H and O–H groups in total. The number of rotatable bonds is 9. The van der Waals surface area contributed by atoms with Crippen LogP contribution in [0.4, 0.5) is 0 Å². The fourth-order valence-electron chi connectivity index (χ4n) is 2.55. The summed E-state index contributed by atoms with van der Waals surface area (Å²) in [7, 11) is 0. The molecular formula is C17H30S. The lowest BCUT2D eigenvalue weighted by atomic mass is 10.1. The molecule has 0 unspecified atom stereocenters. The molecule has 1 heteroatoms. The van der Waals surface area contributed by atoms with Gasteiger partial charge in [-0.05, 0) is 24.5 Å². The zero-order chi connectivity index (χ0) is 12.9. The van der Waals surface area contributed by atoms with Gasteiger partial charge in [0.1, 0.15) is 0 Å². The second-order valence-corrected chi connectivity index (χ2v) is 6.45. The summed E-state index contributed by atoms with van der Waals surface area (Å²) in [5.74, 6) is 5.40. The van der Waals surface area contributed by atoms with Crippen LogP contribution in [0.5, 0.6) is 0 Å². The first-order chi connectivity index (χ1) is 8.93. The van der Waals surface area contributed by atoms with E-state index in [0.717, 1.165) is 5.92 Å². The molecule has 0 radical (unpaired) electrons. The fraction of sp³-hybridized carbons (Fsp3) is 0.882. The maximum absolute atomic E-state index is 3.42. The quantitative estimate of drug-likeness (QED) is 0.364. The van der Waals surface area contributed by atoms with Crippen LogP contribution in [0.3, 0.4) is 0 Å². The zero-order valence-corrected chi connectivity index (χ0v) is 13.0. The van der Waals surface area contributed by atoms with Crippen molar-refractivity contribution in [2.45, 2.75) is 84.0 Å². The average molecular weight is 266 g/mol. The van der Waals surface area contributed by atoms with Crippen molar-refractivity contribution in [2.24, 2.45) is 5.92 Å². The third kappa shape index (κ3) is 8.92. The van der Waals surface area contributed by atoms with Crippen LogP contribution in [-0.4, -0.2) is 5.75 Å². The Morgan fingerprint density at radius 3 is 2.17 bits per heavy atom. The molecule has 0 aromatic carbocycles. The van der Waals surface area contributed by atoms with Gasteiger partial charge in [0.15, 0.2) is 0 Å². The van der Waals surface area contributed by atoms with Crippen molar-refractivity contribution in [3.63, 3.8) is 0 Å². The van der Waals surface area contributed by atoms with Gasteiger partial charge in [0.2, 0.25) is 0 Å². The lowest BCUT2D eigenvalue weighted by Gasteiger charge is -2.00. The first-order valence-corrected chi connectivity index (χ1v) is 9.04. The van der Waals surface area contributed by atoms with E-state index in [4.69, 9.17) is 0 Å². The fourth-order valence-corrected chi connectivity index (χ4v) is 3.25. The Kier molecular flexibility index (Phi) is 10.6. The lowest BCUT2D eigenvalue weighted by molar-refractivity contribution is 0.586. The Labute approximate surface area is 119 Å². The molecule has 0 heterocycles. The zero-order valence-electron chi connectivity index (χ0n) is 12.2. The summed E-state index contributed by atoms with van der Waals surface area (Å²) in [4.78, 5) is 0. The monoisotopic (exact) mass is 266 g/mol. The van der Waals surface area contributed by atoms with Gasteiger partial charge in [-0.2, -0.15) is 0 Å². The van der Waals surface area contributed by atoms with Gasteiger partial charge in [-0.1, -0.05) is 82.4 Å². The Morgan fingerprint density at radius 2 is 1.50 bits per heavy atom. The van der Waals surface area contributed by atoms with Crippen molar-refractivity contribution in [3.05, 3.63) is 0 Å². The smallest absolute Gasteiger partial charge is 0.0211 e. The van der Waals surface area contributed by atoms with Crippen LogP contribution in [0, 0.1) is 17.1 Å². The van der Waals surface area contributed by atoms with Crippen LogP contribution < -0.4 is 0 Å². The summed E-state index contributed by atoms with van der Waals surface area (Å²) >= 11 is 1.85. The molecule has 104 valence electrons. The molecule has 0 aromatic rings. The van der Waals surface area contributed by atoms with Gasteiger partial charge in [-0.25, -0.2) is 0 Å². The minimum atomic E-state index is 0.732. The van der Waals surface area contributed by atoms with E-state index in [1.807, 2.05) is 11.8 Å². The molecule has 0 aromatic heterocycles. The predicted molar refractivity (Wildman–Crippen MR) is 84.8 cm³/mol. The summed E-state index contributed by atoms with van der Waals surface area (Å²) in [6.45, 7) is 2.28. The molecule has 18 heavy (non-hydrogen) atoms. The molecular weight excluding hydrogens is 236 g/mol. The number of unbranched alkanes of at least 4 members (excludes halogenated alkanes) is 7. The molecule has 1 aliphatic rings. The Hall–Kier alpha value is -0.0900. The second kappa shape index (κ2) is 12.0. The van der Waals surface area contributed by atoms with E-state index >= 15 is 0 Å². The van der Waals surface area contributed by atoms with Crippen LogP contribution in [0.25, 0.3) is 0 Å². The lowest BCUT2D eigenvalue weighted by Crippen LogP contribution is -1.85. The standard InChI is InChI=1S/C17H30S/c1-2-3-4-5-6-7-8-11-15-18-16-14-17-12-9-10-13-17/h17H,2-13,15H2,1H3. The highest BCUT2D eigenvalue weighted by Crippen LogP contribution is 2.24. The van der Waals surface area contributed by atoms with Gasteiger partial charge in [0.25, 0.3) is 0 Å². The Morgan fingerprint density at radius 1 is 0.889 bits per heavy atom. The average Bonchev–Trinajstić information content (AvgIpc) is 2.89. The van der Waals surface area contributed by atoms with Crippen molar-refractivity contribution in [1.82, 2.24) is 0 Å². The molecule has 0 saturated heterocycles. The summed E-state index contributed by atoms with van der Waals surface area (Å²) in [6.07, 6.45) is 16.8. The summed E-state index contributed by atoms with van der Waals surface area (Å²) in [5, 5.41) is 3.31. The van der Waals surface area contributed by atoms with Crippen molar-refractivity contribution in [2.75, 3.05) is 5.75 Å². The molecule has 0 aliphatic heterocycles. The van der Waals surface area contributed by atoms with Crippen molar-refractivity contribution < 1.29 is 0 Å². The maximum Gasteiger partial charge on any atom is 0.0211 e. The van der Waals surface area contributed by atoms with Crippen LogP contribution in [0.1, 0.15) is 84.0 Å². The van der Waals surface area contributed by atoms with E-state index in [1.54, 1.807) is 0 Å². The highest BCUT2D eigenvalue weighted by Gasteiger charge is 2.11. The number of hydrogen-bond acceptors (Lipinski definition) is 1. The summed E-state index contributed by atoms with van der Waals surface area (Å²) < 4.78 is 0. The minimum Gasteiger partial charge on any atom is -0.0879 e. The normalized spacial score (nSPS) is 15.6. The SMILES string of the molecule is CCCCCCCCCCSC#CC1CCCC1. The van der Waals surface area contributed by atoms with Gasteiger partial charge in [-0.15, -0.1) is 0 Å². The number of thioether (sulfide) groups is 1. The number of hydrogen-bond donors (Lipinski definition) is 0. The molecule has 0 atom stereocenters. The topological polar surface area (TPSA) is 0 Å². The Bertz CT molecular complexity index is 230. The molecule has 0 spiro atoms. The van der Waals surface area contributed by atoms with Gasteiger partial charge < -0.3 is 0 Å². The van der Waals surface area contributed by atoms with Gasteiger partial charge >= 0.3 is 0 Å². The van der Waals surface area contributed by atoms with Gasteiger partial charge in [0.05, 0.1) is 0 Å². The highest BCUT2D eigenvalue weighted by molar-refractivity contribution is 8.03. The van der Waals surface area contributed by atoms with Crippen LogP contribution in [-0.2, 0) is 0 Å². The van der Waals surface area contributed by atoms with Crippen LogP contribution in [0.2, 0.25) is 0 Å². The van der Waals surface area contributed by atoms with Crippen LogP contribution in [0.15, 0.2) is 0 Å². The highest BCUT2D eigenvalue weighted by atomic mass is 32.2. The van der Waals surface area contributed by atoms with E-state index in [0.29, 0.717) is 0 Å². The first-order valence-electron chi connectivity index (χ1n) is 8.06. The molecule has 1 saturated carbocycles. The molecule has 0 amide bonds. The van der Waals surface area contributed by atoms with Crippen molar-refractivity contribution in [1.29, 1.82) is 0 Å². The van der Waals surface area contributed by atoms with Crippen LogP contribution >= 0.6 is 11.8 Å². The molecule has 1 fully saturated rings.